The Morgan fingerprint density at radius 1 is 0.458 bits per heavy atom. The molecule has 0 aliphatic carbocycles. The maximum absolute atomic E-state index is 13.5. The van der Waals surface area contributed by atoms with E-state index in [0.29, 0.717) is 19.3 Å². The lowest BCUT2D eigenvalue weighted by Gasteiger charge is -2.20. The number of hydrogen-bond donors (Lipinski definition) is 8. The Labute approximate surface area is 350 Å². The molecule has 0 unspecified atom stereocenters. The molecule has 334 valence electrons. The Morgan fingerprint density at radius 3 is 1.19 bits per heavy atom. The summed E-state index contributed by atoms with van der Waals surface area (Å²) in [5.74, 6) is -4.06. The summed E-state index contributed by atoms with van der Waals surface area (Å²) < 4.78 is 0. The van der Waals surface area contributed by atoms with Crippen LogP contribution in [0.4, 0.5) is 0 Å². The van der Waals surface area contributed by atoms with Crippen LogP contribution in [0, 0.1) is 0 Å². The number of nitrogens with zero attached hydrogens (tertiary/aromatic N) is 5. The molecular weight excluding hydrogens is 759 g/mol. The van der Waals surface area contributed by atoms with E-state index in [1.807, 2.05) is 0 Å². The topological polar surface area (TPSA) is 288 Å². The van der Waals surface area contributed by atoms with E-state index in [2.05, 4.69) is 85.4 Å². The van der Waals surface area contributed by atoms with Gasteiger partial charge in [0.1, 0.15) is 18.1 Å². The van der Waals surface area contributed by atoms with Crippen LogP contribution in [-0.2, 0) is 28.8 Å². The fourth-order valence-corrected chi connectivity index (χ4v) is 5.25. The number of hydrazone groups is 4. The third kappa shape index (κ3) is 31.4. The van der Waals surface area contributed by atoms with Crippen molar-refractivity contribution in [3.63, 3.8) is 0 Å². The average Bonchev–Trinajstić information content (AvgIpc) is 3.21. The summed E-state index contributed by atoms with van der Waals surface area (Å²) in [5.41, 5.74) is 21.0. The van der Waals surface area contributed by atoms with E-state index in [1.54, 1.807) is 24.9 Å². The molecule has 0 radical (unpaired) electrons. The predicted molar refractivity (Wildman–Crippen MR) is 234 cm³/mol. The van der Waals surface area contributed by atoms with Gasteiger partial charge in [-0.3, -0.25) is 28.8 Å². The maximum Gasteiger partial charge on any atom is 0.262 e. The molecule has 59 heavy (non-hydrogen) atoms. The average molecular weight is 832 g/mol. The molecule has 0 saturated carbocycles. The van der Waals surface area contributed by atoms with Crippen LogP contribution < -0.4 is 43.8 Å². The molecule has 0 aliphatic rings. The number of nitrogens with two attached hydrogens (primary N) is 2. The molecule has 0 aliphatic heterocycles. The van der Waals surface area contributed by atoms with Crippen molar-refractivity contribution in [3.05, 3.63) is 0 Å². The van der Waals surface area contributed by atoms with Crippen LogP contribution in [0.25, 0.3) is 0 Å². The van der Waals surface area contributed by atoms with Gasteiger partial charge in [0.05, 0.1) is 0 Å². The Morgan fingerprint density at radius 2 is 0.814 bits per heavy atom. The lowest BCUT2D eigenvalue weighted by atomic mass is 10.1. The second-order valence-electron chi connectivity index (χ2n) is 14.1. The SMILES string of the molecule is CCCCC/C=N/NC(=O)CC[C@H](NC(=O)CC[C@H](N=C(N)N)C(=O)N[C@@H](CCC(=O)N/N=C/CCCCC)C(=O)N/N=C/CCCCC)C(=O)N/N=C/CCCCC. The summed E-state index contributed by atoms with van der Waals surface area (Å²) in [7, 11) is 0. The van der Waals surface area contributed by atoms with Crippen molar-refractivity contribution >= 4 is 66.3 Å². The van der Waals surface area contributed by atoms with Gasteiger partial charge in [0.25, 0.3) is 11.8 Å². The monoisotopic (exact) mass is 832 g/mol. The highest BCUT2D eigenvalue weighted by molar-refractivity contribution is 5.93. The first-order valence-corrected chi connectivity index (χ1v) is 21.4. The van der Waals surface area contributed by atoms with Crippen LogP contribution >= 0.6 is 0 Å². The number of carbonyl (C=O) groups excluding carboxylic acids is 6. The number of amides is 6. The van der Waals surface area contributed by atoms with Crippen molar-refractivity contribution in [2.75, 3.05) is 0 Å². The van der Waals surface area contributed by atoms with Crippen LogP contribution in [0.3, 0.4) is 0 Å². The zero-order valence-electron chi connectivity index (χ0n) is 35.9. The van der Waals surface area contributed by atoms with E-state index >= 15 is 0 Å². The summed E-state index contributed by atoms with van der Waals surface area (Å²) in [6, 6.07) is -3.68. The zero-order chi connectivity index (χ0) is 43.9. The zero-order valence-corrected chi connectivity index (χ0v) is 35.9. The summed E-state index contributed by atoms with van der Waals surface area (Å²) in [6.45, 7) is 8.32. The Bertz CT molecular complexity index is 1370. The first kappa shape index (κ1) is 53.8. The van der Waals surface area contributed by atoms with Crippen LogP contribution in [-0.4, -0.2) is 84.4 Å². The van der Waals surface area contributed by atoms with Gasteiger partial charge in [0.2, 0.25) is 23.6 Å². The molecule has 0 bridgehead atoms. The van der Waals surface area contributed by atoms with E-state index in [9.17, 15) is 28.8 Å². The summed E-state index contributed by atoms with van der Waals surface area (Å²) >= 11 is 0. The van der Waals surface area contributed by atoms with E-state index in [1.165, 1.54) is 0 Å². The van der Waals surface area contributed by atoms with Gasteiger partial charge in [0, 0.05) is 44.1 Å². The van der Waals surface area contributed by atoms with Crippen molar-refractivity contribution < 1.29 is 28.8 Å². The Kier molecular flexibility index (Phi) is 33.8. The second kappa shape index (κ2) is 37.1. The minimum Gasteiger partial charge on any atom is -0.370 e. The van der Waals surface area contributed by atoms with Gasteiger partial charge in [-0.25, -0.2) is 26.7 Å². The normalized spacial score (nSPS) is 12.9. The highest BCUT2D eigenvalue weighted by atomic mass is 16.2. The summed E-state index contributed by atoms with van der Waals surface area (Å²) in [5, 5.41) is 21.0. The molecule has 0 spiro atoms. The van der Waals surface area contributed by atoms with Gasteiger partial charge in [-0.2, -0.15) is 20.4 Å². The molecular formula is C40H73N13O6. The largest absolute Gasteiger partial charge is 0.370 e. The fraction of sp³-hybridized carbons (Fsp3) is 0.725. The third-order valence-electron chi connectivity index (χ3n) is 8.70. The van der Waals surface area contributed by atoms with Gasteiger partial charge in [-0.05, 0) is 70.6 Å². The Hall–Kier alpha value is -5.23. The Balaban J connectivity index is 5.77. The number of rotatable bonds is 35. The molecule has 0 aromatic carbocycles. The summed E-state index contributed by atoms with van der Waals surface area (Å²) in [6.07, 6.45) is 20.1. The van der Waals surface area contributed by atoms with E-state index in [4.69, 9.17) is 11.5 Å². The first-order chi connectivity index (χ1) is 28.5. The van der Waals surface area contributed by atoms with Crippen molar-refractivity contribution in [2.45, 2.75) is 187 Å². The number of carbonyl (C=O) groups is 6. The van der Waals surface area contributed by atoms with E-state index in [-0.39, 0.29) is 38.5 Å². The number of hydrogen-bond acceptors (Lipinski definition) is 11. The predicted octanol–water partition coefficient (Wildman–Crippen LogP) is 3.67. The van der Waals surface area contributed by atoms with Gasteiger partial charge >= 0.3 is 0 Å². The van der Waals surface area contributed by atoms with Crippen LogP contribution in [0.2, 0.25) is 0 Å². The van der Waals surface area contributed by atoms with Gasteiger partial charge < -0.3 is 22.1 Å². The highest BCUT2D eigenvalue weighted by Crippen LogP contribution is 2.08. The molecule has 0 aromatic heterocycles. The lowest BCUT2D eigenvalue weighted by molar-refractivity contribution is -0.131. The first-order valence-electron chi connectivity index (χ1n) is 21.4. The maximum atomic E-state index is 13.5. The van der Waals surface area contributed by atoms with Gasteiger partial charge in [-0.1, -0.05) is 79.1 Å². The molecule has 19 nitrogen and oxygen atoms in total. The van der Waals surface area contributed by atoms with Gasteiger partial charge in [-0.15, -0.1) is 0 Å². The molecule has 3 atom stereocenters. The number of guanidine groups is 1. The number of aliphatic imine (C=N–C) groups is 1. The standard InChI is InChI=1S/C40H73N13O6/c1-5-9-13-17-27-43-50-35(55)25-22-32(38(58)52-45-29-19-15-11-7-3)47-34(54)24-21-31(49-40(41)42)37(57)48-33(39(59)53-46-30-20-16-12-8-4)23-26-36(56)51-44-28-18-14-10-6-2/h27-33H,5-26H2,1-4H3,(H,47,54)(H,48,57)(H,50,55)(H,51,56)(H,52,58)(H,53,59)(H4,41,42,49)/b43-27+,44-28+,45-29+,46-30+/t31-,32-,33-/m0/s1. The number of nitrogens with one attached hydrogen (secondary N) is 6. The van der Waals surface area contributed by atoms with Crippen molar-refractivity contribution in [2.24, 2.45) is 36.9 Å². The van der Waals surface area contributed by atoms with E-state index < -0.39 is 59.5 Å². The minimum atomic E-state index is -1.32. The second-order valence-corrected chi connectivity index (χ2v) is 14.1. The molecule has 0 rings (SSSR count). The molecule has 0 aromatic rings. The molecule has 10 N–H and O–H groups in total. The van der Waals surface area contributed by atoms with Crippen LogP contribution in [0.15, 0.2) is 25.4 Å². The minimum absolute atomic E-state index is 0.0619. The van der Waals surface area contributed by atoms with E-state index in [0.717, 1.165) is 83.5 Å². The molecule has 6 amide bonds. The van der Waals surface area contributed by atoms with Crippen molar-refractivity contribution in [3.8, 4) is 0 Å². The molecule has 19 heteroatoms. The number of unbranched alkanes of at least 4 members (excludes halogenated alkanes) is 12. The summed E-state index contributed by atoms with van der Waals surface area (Å²) in [4.78, 5) is 82.0. The fourth-order valence-electron chi connectivity index (χ4n) is 5.25. The molecule has 0 fully saturated rings. The lowest BCUT2D eigenvalue weighted by Crippen LogP contribution is -2.49. The smallest absolute Gasteiger partial charge is 0.262 e. The molecule has 0 saturated heterocycles. The van der Waals surface area contributed by atoms with Crippen molar-refractivity contribution in [1.29, 1.82) is 0 Å². The quantitative estimate of drug-likeness (QED) is 0.0201. The third-order valence-corrected chi connectivity index (χ3v) is 8.70. The van der Waals surface area contributed by atoms with Gasteiger partial charge in [0.15, 0.2) is 5.96 Å². The molecule has 0 heterocycles. The highest BCUT2D eigenvalue weighted by Gasteiger charge is 2.28. The van der Waals surface area contributed by atoms with Crippen LogP contribution in [0.1, 0.15) is 169 Å². The van der Waals surface area contributed by atoms with Crippen molar-refractivity contribution in [1.82, 2.24) is 32.3 Å². The van der Waals surface area contributed by atoms with Crippen LogP contribution in [0.5, 0.6) is 0 Å².